The maximum atomic E-state index is 11.0. The van der Waals surface area contributed by atoms with Gasteiger partial charge in [-0.05, 0) is 30.5 Å². The lowest BCUT2D eigenvalue weighted by Gasteiger charge is -2.02. The summed E-state index contributed by atoms with van der Waals surface area (Å²) in [5, 5.41) is 13.6. The Labute approximate surface area is 83.4 Å². The average molecular weight is 215 g/mol. The average Bonchev–Trinajstić information content (AvgIpc) is 2.14. The minimum atomic E-state index is -3.61. The fraction of sp³-hybridized carbons (Fsp3) is 0.333. The summed E-state index contributed by atoms with van der Waals surface area (Å²) < 4.78 is 22.0. The van der Waals surface area contributed by atoms with Crippen molar-refractivity contribution in [2.45, 2.75) is 17.7 Å². The minimum Gasteiger partial charge on any atom is -0.396 e. The predicted octanol–water partition coefficient (Wildman–Crippen LogP) is 0.259. The molecule has 78 valence electrons. The van der Waals surface area contributed by atoms with Crippen LogP contribution in [0.1, 0.15) is 12.0 Å². The first kappa shape index (κ1) is 11.2. The molecule has 0 atom stereocenters. The Morgan fingerprint density at radius 2 is 2.07 bits per heavy atom. The van der Waals surface area contributed by atoms with Gasteiger partial charge in [0.25, 0.3) is 0 Å². The Bertz CT molecular complexity index is 400. The Hall–Kier alpha value is -0.910. The van der Waals surface area contributed by atoms with Gasteiger partial charge in [-0.1, -0.05) is 12.1 Å². The van der Waals surface area contributed by atoms with Gasteiger partial charge in [0.05, 0.1) is 4.90 Å². The highest BCUT2D eigenvalue weighted by molar-refractivity contribution is 7.89. The van der Waals surface area contributed by atoms with E-state index in [0.29, 0.717) is 12.8 Å². The molecule has 1 aromatic rings. The molecule has 0 fully saturated rings. The Morgan fingerprint density at radius 1 is 1.36 bits per heavy atom. The second-order valence-corrected chi connectivity index (χ2v) is 4.58. The van der Waals surface area contributed by atoms with Gasteiger partial charge in [0.2, 0.25) is 10.0 Å². The highest BCUT2D eigenvalue weighted by Crippen LogP contribution is 2.10. The van der Waals surface area contributed by atoms with E-state index in [2.05, 4.69) is 0 Å². The summed E-state index contributed by atoms with van der Waals surface area (Å²) in [6.45, 7) is 0.0968. The molecule has 0 aliphatic rings. The van der Waals surface area contributed by atoms with Gasteiger partial charge in [0.1, 0.15) is 0 Å². The fourth-order valence-electron chi connectivity index (χ4n) is 1.16. The van der Waals surface area contributed by atoms with Gasteiger partial charge in [-0.25, -0.2) is 13.6 Å². The van der Waals surface area contributed by atoms with Gasteiger partial charge in [-0.2, -0.15) is 0 Å². The summed E-state index contributed by atoms with van der Waals surface area (Å²) >= 11 is 0. The van der Waals surface area contributed by atoms with E-state index in [1.807, 2.05) is 6.07 Å². The molecule has 0 aromatic heterocycles. The highest BCUT2D eigenvalue weighted by Gasteiger charge is 2.07. The van der Waals surface area contributed by atoms with E-state index in [4.69, 9.17) is 10.2 Å². The van der Waals surface area contributed by atoms with Gasteiger partial charge < -0.3 is 5.11 Å². The number of hydrogen-bond donors (Lipinski definition) is 2. The number of sulfonamides is 1. The number of aryl methyl sites for hydroxylation is 1. The first-order valence-electron chi connectivity index (χ1n) is 4.26. The van der Waals surface area contributed by atoms with Gasteiger partial charge >= 0.3 is 0 Å². The van der Waals surface area contributed by atoms with Crippen molar-refractivity contribution in [3.8, 4) is 0 Å². The summed E-state index contributed by atoms with van der Waals surface area (Å²) in [5.41, 5.74) is 0.866. The number of nitrogens with two attached hydrogens (primary N) is 1. The standard InChI is InChI=1S/C9H13NO3S/c10-14(12,13)9-5-1-3-8(7-9)4-2-6-11/h1,3,5,7,11H,2,4,6H2,(H2,10,12,13). The van der Waals surface area contributed by atoms with E-state index in [0.717, 1.165) is 5.56 Å². The molecule has 0 amide bonds. The summed E-state index contributed by atoms with van der Waals surface area (Å²) in [6, 6.07) is 6.44. The van der Waals surface area contributed by atoms with Crippen LogP contribution in [-0.2, 0) is 16.4 Å². The van der Waals surface area contributed by atoms with Crippen LogP contribution in [0.4, 0.5) is 0 Å². The van der Waals surface area contributed by atoms with Crippen LogP contribution in [0.5, 0.6) is 0 Å². The lowest BCUT2D eigenvalue weighted by atomic mass is 10.1. The largest absolute Gasteiger partial charge is 0.396 e. The lowest BCUT2D eigenvalue weighted by molar-refractivity contribution is 0.288. The monoisotopic (exact) mass is 215 g/mol. The van der Waals surface area contributed by atoms with Gasteiger partial charge in [-0.15, -0.1) is 0 Å². The van der Waals surface area contributed by atoms with Gasteiger partial charge in [0.15, 0.2) is 0 Å². The van der Waals surface area contributed by atoms with Crippen LogP contribution < -0.4 is 5.14 Å². The first-order valence-corrected chi connectivity index (χ1v) is 5.81. The van der Waals surface area contributed by atoms with Crippen LogP contribution in [0.3, 0.4) is 0 Å². The number of primary sulfonamides is 1. The molecule has 0 aliphatic carbocycles. The molecule has 0 bridgehead atoms. The normalized spacial score (nSPS) is 11.6. The van der Waals surface area contributed by atoms with Crippen molar-refractivity contribution in [1.29, 1.82) is 0 Å². The van der Waals surface area contributed by atoms with E-state index < -0.39 is 10.0 Å². The van der Waals surface area contributed by atoms with Crippen molar-refractivity contribution in [1.82, 2.24) is 0 Å². The molecular formula is C9H13NO3S. The number of hydrogen-bond acceptors (Lipinski definition) is 3. The van der Waals surface area contributed by atoms with Crippen molar-refractivity contribution in [3.05, 3.63) is 29.8 Å². The lowest BCUT2D eigenvalue weighted by Crippen LogP contribution is -2.12. The van der Waals surface area contributed by atoms with E-state index in [9.17, 15) is 8.42 Å². The highest BCUT2D eigenvalue weighted by atomic mass is 32.2. The fourth-order valence-corrected chi connectivity index (χ4v) is 1.75. The van der Waals surface area contributed by atoms with Crippen molar-refractivity contribution < 1.29 is 13.5 Å². The second kappa shape index (κ2) is 4.54. The maximum absolute atomic E-state index is 11.0. The quantitative estimate of drug-likeness (QED) is 0.756. The molecule has 1 aromatic carbocycles. The van der Waals surface area contributed by atoms with Crippen LogP contribution in [-0.4, -0.2) is 20.1 Å². The molecule has 0 heterocycles. The van der Waals surface area contributed by atoms with Crippen LogP contribution in [0.15, 0.2) is 29.2 Å². The SMILES string of the molecule is NS(=O)(=O)c1cccc(CCCO)c1. The zero-order valence-electron chi connectivity index (χ0n) is 7.68. The number of rotatable bonds is 4. The number of aliphatic hydroxyl groups excluding tert-OH is 1. The predicted molar refractivity (Wildman–Crippen MR) is 53.2 cm³/mol. The van der Waals surface area contributed by atoms with Crippen molar-refractivity contribution >= 4 is 10.0 Å². The topological polar surface area (TPSA) is 80.4 Å². The minimum absolute atomic E-state index is 0.0968. The molecule has 0 aliphatic heterocycles. The summed E-state index contributed by atoms with van der Waals surface area (Å²) in [5.74, 6) is 0. The van der Waals surface area contributed by atoms with Crippen molar-refractivity contribution in [2.24, 2.45) is 5.14 Å². The zero-order chi connectivity index (χ0) is 10.6. The van der Waals surface area contributed by atoms with Gasteiger partial charge in [-0.3, -0.25) is 0 Å². The van der Waals surface area contributed by atoms with Crippen molar-refractivity contribution in [3.63, 3.8) is 0 Å². The smallest absolute Gasteiger partial charge is 0.238 e. The molecule has 5 heteroatoms. The van der Waals surface area contributed by atoms with Gasteiger partial charge in [0, 0.05) is 6.61 Å². The summed E-state index contributed by atoms with van der Waals surface area (Å²) in [4.78, 5) is 0.118. The molecule has 14 heavy (non-hydrogen) atoms. The van der Waals surface area contributed by atoms with Crippen LogP contribution in [0.2, 0.25) is 0 Å². The molecule has 0 spiro atoms. The summed E-state index contributed by atoms with van der Waals surface area (Å²) in [6.07, 6.45) is 1.27. The van der Waals surface area contributed by atoms with E-state index in [1.165, 1.54) is 12.1 Å². The molecule has 0 saturated carbocycles. The molecule has 0 saturated heterocycles. The Balaban J connectivity index is 2.90. The second-order valence-electron chi connectivity index (χ2n) is 3.02. The van der Waals surface area contributed by atoms with Crippen LogP contribution in [0.25, 0.3) is 0 Å². The summed E-state index contributed by atoms with van der Waals surface area (Å²) in [7, 11) is -3.61. The molecule has 0 radical (unpaired) electrons. The third kappa shape index (κ3) is 3.10. The van der Waals surface area contributed by atoms with Crippen molar-refractivity contribution in [2.75, 3.05) is 6.61 Å². The molecule has 0 unspecified atom stereocenters. The van der Waals surface area contributed by atoms with E-state index >= 15 is 0 Å². The number of aliphatic hydroxyl groups is 1. The maximum Gasteiger partial charge on any atom is 0.238 e. The zero-order valence-corrected chi connectivity index (χ0v) is 8.50. The number of benzene rings is 1. The van der Waals surface area contributed by atoms with E-state index in [1.54, 1.807) is 6.07 Å². The molecule has 4 nitrogen and oxygen atoms in total. The molecular weight excluding hydrogens is 202 g/mol. The Morgan fingerprint density at radius 3 is 2.64 bits per heavy atom. The first-order chi connectivity index (χ1) is 6.54. The molecule has 3 N–H and O–H groups in total. The molecule has 1 rings (SSSR count). The Kier molecular flexibility index (Phi) is 3.62. The van der Waals surface area contributed by atoms with Crippen LogP contribution in [0, 0.1) is 0 Å². The van der Waals surface area contributed by atoms with E-state index in [-0.39, 0.29) is 11.5 Å². The van der Waals surface area contributed by atoms with Crippen LogP contribution >= 0.6 is 0 Å². The third-order valence-electron chi connectivity index (χ3n) is 1.85. The third-order valence-corrected chi connectivity index (χ3v) is 2.76.